The summed E-state index contributed by atoms with van der Waals surface area (Å²) < 4.78 is 50.3. The van der Waals surface area contributed by atoms with Crippen LogP contribution in [-0.4, -0.2) is 20.0 Å². The van der Waals surface area contributed by atoms with Gasteiger partial charge in [-0.3, -0.25) is 10.1 Å². The van der Waals surface area contributed by atoms with E-state index in [9.17, 15) is 27.3 Å². The zero-order chi connectivity index (χ0) is 14.1. The molecule has 0 amide bonds. The van der Waals surface area contributed by atoms with Gasteiger partial charge in [0.1, 0.15) is 0 Å². The van der Waals surface area contributed by atoms with E-state index in [2.05, 4.69) is 4.74 Å². The average molecular weight is 282 g/mol. The largest absolute Gasteiger partial charge is 0.427 e. The van der Waals surface area contributed by atoms with Gasteiger partial charge in [0, 0.05) is 12.1 Å². The van der Waals surface area contributed by atoms with E-state index in [-0.39, 0.29) is 5.56 Å². The van der Waals surface area contributed by atoms with Gasteiger partial charge < -0.3 is 4.74 Å². The molecule has 10 heteroatoms. The minimum atomic E-state index is -4.18. The van der Waals surface area contributed by atoms with E-state index in [0.29, 0.717) is 6.07 Å². The molecule has 0 saturated carbocycles. The predicted octanol–water partition coefficient (Wildman–Crippen LogP) is 1.15. The molecule has 1 aromatic rings. The van der Waals surface area contributed by atoms with Crippen LogP contribution in [0.5, 0.6) is 5.75 Å². The number of aryl methyl sites for hydroxylation is 1. The van der Waals surface area contributed by atoms with Gasteiger partial charge in [-0.1, -0.05) is 0 Å². The number of sulfonamides is 1. The lowest BCUT2D eigenvalue weighted by Gasteiger charge is -2.09. The van der Waals surface area contributed by atoms with Gasteiger partial charge in [-0.25, -0.2) is 13.6 Å². The first-order chi connectivity index (χ1) is 8.12. The lowest BCUT2D eigenvalue weighted by molar-refractivity contribution is -0.386. The molecule has 2 N–H and O–H groups in total. The number of ether oxygens (including phenoxy) is 1. The molecular weight excluding hydrogens is 274 g/mol. The fraction of sp³-hybridized carbons (Fsp3) is 0.250. The van der Waals surface area contributed by atoms with E-state index in [1.54, 1.807) is 0 Å². The summed E-state index contributed by atoms with van der Waals surface area (Å²) in [5.74, 6) is -0.857. The van der Waals surface area contributed by atoms with Crippen molar-refractivity contribution in [1.82, 2.24) is 0 Å². The minimum Gasteiger partial charge on any atom is -0.427 e. The minimum absolute atomic E-state index is 0.0363. The van der Waals surface area contributed by atoms with Crippen LogP contribution >= 0.6 is 0 Å². The Labute approximate surface area is 100 Å². The van der Waals surface area contributed by atoms with Gasteiger partial charge in [0.05, 0.1) is 9.82 Å². The van der Waals surface area contributed by atoms with Gasteiger partial charge in [-0.15, -0.1) is 0 Å². The standard InChI is InChI=1S/C8H8F2N2O5S/c1-4-2-5(12(13)14)6(17-8(9)10)3-7(4)18(11,15)16/h2-3,8H,1H3,(H2,11,15,16). The smallest absolute Gasteiger partial charge is 0.387 e. The van der Waals surface area contributed by atoms with E-state index < -0.39 is 37.9 Å². The van der Waals surface area contributed by atoms with Crippen molar-refractivity contribution >= 4 is 15.7 Å². The fourth-order valence-electron chi connectivity index (χ4n) is 1.29. The van der Waals surface area contributed by atoms with Crippen molar-refractivity contribution in [2.45, 2.75) is 18.4 Å². The van der Waals surface area contributed by atoms with Gasteiger partial charge in [-0.2, -0.15) is 8.78 Å². The molecule has 0 atom stereocenters. The summed E-state index contributed by atoms with van der Waals surface area (Å²) >= 11 is 0. The molecule has 0 spiro atoms. The summed E-state index contributed by atoms with van der Waals surface area (Å²) in [5.41, 5.74) is -0.800. The number of nitrogens with zero attached hydrogens (tertiary/aromatic N) is 1. The molecular formula is C8H8F2N2O5S. The highest BCUT2D eigenvalue weighted by atomic mass is 32.2. The van der Waals surface area contributed by atoms with Crippen molar-refractivity contribution in [1.29, 1.82) is 0 Å². The van der Waals surface area contributed by atoms with Crippen molar-refractivity contribution in [2.75, 3.05) is 0 Å². The Hall–Kier alpha value is -1.81. The second kappa shape index (κ2) is 4.82. The third-order valence-corrected chi connectivity index (χ3v) is 3.03. The maximum absolute atomic E-state index is 12.1. The molecule has 100 valence electrons. The zero-order valence-corrected chi connectivity index (χ0v) is 9.78. The molecule has 1 aromatic carbocycles. The van der Waals surface area contributed by atoms with Crippen molar-refractivity contribution < 1.29 is 26.9 Å². The van der Waals surface area contributed by atoms with Gasteiger partial charge in [0.25, 0.3) is 0 Å². The highest BCUT2D eigenvalue weighted by Crippen LogP contribution is 2.33. The highest BCUT2D eigenvalue weighted by Gasteiger charge is 2.24. The molecule has 7 nitrogen and oxygen atoms in total. The van der Waals surface area contributed by atoms with Crippen LogP contribution in [0.4, 0.5) is 14.5 Å². The van der Waals surface area contributed by atoms with E-state index >= 15 is 0 Å². The molecule has 0 saturated heterocycles. The summed E-state index contributed by atoms with van der Waals surface area (Å²) in [7, 11) is -4.18. The van der Waals surface area contributed by atoms with Crippen LogP contribution in [0.3, 0.4) is 0 Å². The number of primary sulfonamides is 1. The topological polar surface area (TPSA) is 113 Å². The van der Waals surface area contributed by atoms with Crippen LogP contribution in [0.25, 0.3) is 0 Å². The number of nitro benzene ring substituents is 1. The first-order valence-corrected chi connectivity index (χ1v) is 5.94. The maximum Gasteiger partial charge on any atom is 0.387 e. The molecule has 0 radical (unpaired) electrons. The van der Waals surface area contributed by atoms with Crippen LogP contribution in [0.15, 0.2) is 17.0 Å². The molecule has 0 aliphatic carbocycles. The Morgan fingerprint density at radius 2 is 2.00 bits per heavy atom. The Morgan fingerprint density at radius 3 is 2.39 bits per heavy atom. The highest BCUT2D eigenvalue weighted by molar-refractivity contribution is 7.89. The van der Waals surface area contributed by atoms with Gasteiger partial charge >= 0.3 is 12.3 Å². The van der Waals surface area contributed by atoms with E-state index in [4.69, 9.17) is 5.14 Å². The number of nitrogens with two attached hydrogens (primary N) is 1. The second-order valence-electron chi connectivity index (χ2n) is 3.27. The number of nitro groups is 1. The molecule has 0 aliphatic heterocycles. The molecule has 0 unspecified atom stereocenters. The van der Waals surface area contributed by atoms with Crippen molar-refractivity contribution in [3.05, 3.63) is 27.8 Å². The number of halogens is 2. The Balaban J connectivity index is 3.50. The fourth-order valence-corrected chi connectivity index (χ4v) is 2.07. The van der Waals surface area contributed by atoms with Crippen molar-refractivity contribution in [3.63, 3.8) is 0 Å². The molecule has 0 aromatic heterocycles. The summed E-state index contributed by atoms with van der Waals surface area (Å²) in [4.78, 5) is 9.15. The molecule has 0 fully saturated rings. The van der Waals surface area contributed by atoms with Crippen LogP contribution in [0.1, 0.15) is 5.56 Å². The van der Waals surface area contributed by atoms with Gasteiger partial charge in [0.15, 0.2) is 0 Å². The summed E-state index contributed by atoms with van der Waals surface area (Å²) in [6.07, 6.45) is 0. The third kappa shape index (κ3) is 3.11. The van der Waals surface area contributed by atoms with E-state index in [1.807, 2.05) is 0 Å². The number of alkyl halides is 2. The molecule has 1 rings (SSSR count). The Morgan fingerprint density at radius 1 is 1.44 bits per heavy atom. The number of rotatable bonds is 4. The first-order valence-electron chi connectivity index (χ1n) is 4.39. The first kappa shape index (κ1) is 14.3. The molecule has 0 aliphatic rings. The van der Waals surface area contributed by atoms with Crippen LogP contribution < -0.4 is 9.88 Å². The quantitative estimate of drug-likeness (QED) is 0.657. The van der Waals surface area contributed by atoms with Gasteiger partial charge in [0.2, 0.25) is 15.8 Å². The van der Waals surface area contributed by atoms with E-state index in [0.717, 1.165) is 6.07 Å². The van der Waals surface area contributed by atoms with Crippen LogP contribution in [0.2, 0.25) is 0 Å². The second-order valence-corrected chi connectivity index (χ2v) is 4.80. The predicted molar refractivity (Wildman–Crippen MR) is 55.8 cm³/mol. The Kier molecular flexibility index (Phi) is 3.82. The normalized spacial score (nSPS) is 11.6. The summed E-state index contributed by atoms with van der Waals surface area (Å²) in [6, 6.07) is 1.41. The van der Waals surface area contributed by atoms with E-state index in [1.165, 1.54) is 6.92 Å². The molecule has 18 heavy (non-hydrogen) atoms. The number of hydrogen-bond acceptors (Lipinski definition) is 5. The average Bonchev–Trinajstić information content (AvgIpc) is 2.17. The monoisotopic (exact) mass is 282 g/mol. The van der Waals surface area contributed by atoms with Gasteiger partial charge in [-0.05, 0) is 12.5 Å². The molecule has 0 heterocycles. The zero-order valence-electron chi connectivity index (χ0n) is 8.96. The number of hydrogen-bond donors (Lipinski definition) is 1. The Bertz CT molecular complexity index is 587. The third-order valence-electron chi connectivity index (χ3n) is 1.98. The summed E-state index contributed by atoms with van der Waals surface area (Å²) in [5, 5.41) is 15.5. The van der Waals surface area contributed by atoms with Crippen LogP contribution in [0, 0.1) is 17.0 Å². The lowest BCUT2D eigenvalue weighted by atomic mass is 10.2. The summed E-state index contributed by atoms with van der Waals surface area (Å²) in [6.45, 7) is -2.07. The van der Waals surface area contributed by atoms with Crippen molar-refractivity contribution in [3.8, 4) is 5.75 Å². The lowest BCUT2D eigenvalue weighted by Crippen LogP contribution is -2.15. The van der Waals surface area contributed by atoms with Crippen molar-refractivity contribution in [2.24, 2.45) is 5.14 Å². The SMILES string of the molecule is Cc1cc([N+](=O)[O-])c(OC(F)F)cc1S(N)(=O)=O. The van der Waals surface area contributed by atoms with Crippen LogP contribution in [-0.2, 0) is 10.0 Å². The molecule has 0 bridgehead atoms. The number of benzene rings is 1. The maximum atomic E-state index is 12.1.